The van der Waals surface area contributed by atoms with Gasteiger partial charge in [-0.2, -0.15) is 13.2 Å². The van der Waals surface area contributed by atoms with Gasteiger partial charge in [-0.05, 0) is 48.9 Å². The third-order valence-electron chi connectivity index (χ3n) is 3.53. The maximum absolute atomic E-state index is 12.5. The highest BCUT2D eigenvalue weighted by Crippen LogP contribution is 2.29. The van der Waals surface area contributed by atoms with Crippen LogP contribution in [0, 0.1) is 0 Å². The number of rotatable bonds is 5. The normalized spacial score (nSPS) is 12.3. The van der Waals surface area contributed by atoms with E-state index < -0.39 is 30.2 Å². The standard InChI is InChI=1S/C18H15BrF3NO3/c1-11(12-4-8-15(19)9-5-12)23-16(24)10-26-17(25)13-2-6-14(7-3-13)18(20,21)22/h2-9,11H,10H2,1H3,(H,23,24). The SMILES string of the molecule is CC(NC(=O)COC(=O)c1ccc(C(F)(F)F)cc1)c1ccc(Br)cc1. The summed E-state index contributed by atoms with van der Waals surface area (Å²) in [5, 5.41) is 2.67. The van der Waals surface area contributed by atoms with Gasteiger partial charge in [0, 0.05) is 4.47 Å². The lowest BCUT2D eigenvalue weighted by molar-refractivity contribution is -0.137. The molecule has 0 saturated carbocycles. The summed E-state index contributed by atoms with van der Waals surface area (Å²) >= 11 is 3.32. The summed E-state index contributed by atoms with van der Waals surface area (Å²) in [5.41, 5.74) is -0.0579. The molecule has 0 aromatic heterocycles. The van der Waals surface area contributed by atoms with E-state index in [9.17, 15) is 22.8 Å². The molecular weight excluding hydrogens is 415 g/mol. The number of carbonyl (C=O) groups is 2. The van der Waals surface area contributed by atoms with Gasteiger partial charge in [0.05, 0.1) is 17.2 Å². The van der Waals surface area contributed by atoms with E-state index in [1.165, 1.54) is 0 Å². The van der Waals surface area contributed by atoms with Crippen molar-refractivity contribution in [2.45, 2.75) is 19.1 Å². The Bertz CT molecular complexity index is 774. The number of alkyl halides is 3. The second kappa shape index (κ2) is 8.35. The van der Waals surface area contributed by atoms with Crippen molar-refractivity contribution in [3.05, 3.63) is 69.7 Å². The monoisotopic (exact) mass is 429 g/mol. The Hall–Kier alpha value is -2.35. The van der Waals surface area contributed by atoms with Crippen LogP contribution < -0.4 is 5.32 Å². The second-order valence-corrected chi connectivity index (χ2v) is 6.41. The molecule has 4 nitrogen and oxygen atoms in total. The highest BCUT2D eigenvalue weighted by atomic mass is 79.9. The van der Waals surface area contributed by atoms with Crippen molar-refractivity contribution in [3.63, 3.8) is 0 Å². The molecule has 0 bridgehead atoms. The fourth-order valence-electron chi connectivity index (χ4n) is 2.13. The number of hydrogen-bond donors (Lipinski definition) is 1. The lowest BCUT2D eigenvalue weighted by Gasteiger charge is -2.14. The molecule has 0 saturated heterocycles. The van der Waals surface area contributed by atoms with Crippen molar-refractivity contribution in [3.8, 4) is 0 Å². The van der Waals surface area contributed by atoms with E-state index in [2.05, 4.69) is 21.2 Å². The van der Waals surface area contributed by atoms with Gasteiger partial charge in [0.15, 0.2) is 6.61 Å². The van der Waals surface area contributed by atoms with Crippen LogP contribution in [0.3, 0.4) is 0 Å². The van der Waals surface area contributed by atoms with Crippen LogP contribution in [0.4, 0.5) is 13.2 Å². The summed E-state index contributed by atoms with van der Waals surface area (Å²) in [6.45, 7) is 1.25. The fourth-order valence-corrected chi connectivity index (χ4v) is 2.39. The number of hydrogen-bond acceptors (Lipinski definition) is 3. The van der Waals surface area contributed by atoms with Gasteiger partial charge in [-0.25, -0.2) is 4.79 Å². The van der Waals surface area contributed by atoms with E-state index in [0.717, 1.165) is 34.3 Å². The third-order valence-corrected chi connectivity index (χ3v) is 4.06. The number of benzene rings is 2. The van der Waals surface area contributed by atoms with Gasteiger partial charge in [-0.1, -0.05) is 28.1 Å². The third kappa shape index (κ3) is 5.59. The average molecular weight is 430 g/mol. The molecule has 1 unspecified atom stereocenters. The van der Waals surface area contributed by atoms with Gasteiger partial charge < -0.3 is 10.1 Å². The van der Waals surface area contributed by atoms with Crippen LogP contribution >= 0.6 is 15.9 Å². The Morgan fingerprint density at radius 2 is 1.65 bits per heavy atom. The quantitative estimate of drug-likeness (QED) is 0.711. The zero-order chi connectivity index (χ0) is 19.3. The van der Waals surface area contributed by atoms with Gasteiger partial charge in [-0.3, -0.25) is 4.79 Å². The zero-order valence-corrected chi connectivity index (χ0v) is 15.2. The smallest absolute Gasteiger partial charge is 0.416 e. The summed E-state index contributed by atoms with van der Waals surface area (Å²) in [6.07, 6.45) is -4.48. The second-order valence-electron chi connectivity index (χ2n) is 5.49. The maximum Gasteiger partial charge on any atom is 0.416 e. The molecule has 0 spiro atoms. The van der Waals surface area contributed by atoms with Crippen LogP contribution in [0.2, 0.25) is 0 Å². The van der Waals surface area contributed by atoms with Crippen molar-refractivity contribution >= 4 is 27.8 Å². The van der Waals surface area contributed by atoms with E-state index in [0.29, 0.717) is 0 Å². The topological polar surface area (TPSA) is 55.4 Å². The van der Waals surface area contributed by atoms with E-state index in [1.807, 2.05) is 24.3 Å². The van der Waals surface area contributed by atoms with Crippen LogP contribution in [0.25, 0.3) is 0 Å². The van der Waals surface area contributed by atoms with E-state index in [1.54, 1.807) is 6.92 Å². The number of halogens is 4. The lowest BCUT2D eigenvalue weighted by atomic mass is 10.1. The molecule has 0 aliphatic carbocycles. The first-order valence-corrected chi connectivity index (χ1v) is 8.35. The summed E-state index contributed by atoms with van der Waals surface area (Å²) in [6, 6.07) is 10.6. The van der Waals surface area contributed by atoms with E-state index in [-0.39, 0.29) is 11.6 Å². The Labute approximate surface area is 156 Å². The van der Waals surface area contributed by atoms with Crippen LogP contribution in [0.15, 0.2) is 53.0 Å². The van der Waals surface area contributed by atoms with Crippen molar-refractivity contribution in [1.29, 1.82) is 0 Å². The van der Waals surface area contributed by atoms with Gasteiger partial charge in [0.25, 0.3) is 5.91 Å². The molecule has 2 aromatic rings. The molecule has 0 fully saturated rings. The highest BCUT2D eigenvalue weighted by Gasteiger charge is 2.30. The molecular formula is C18H15BrF3NO3. The first kappa shape index (κ1) is 20.0. The summed E-state index contributed by atoms with van der Waals surface area (Å²) in [4.78, 5) is 23.7. The van der Waals surface area contributed by atoms with Gasteiger partial charge in [0.1, 0.15) is 0 Å². The number of esters is 1. The first-order valence-electron chi connectivity index (χ1n) is 7.56. The number of ether oxygens (including phenoxy) is 1. The van der Waals surface area contributed by atoms with Gasteiger partial charge in [0.2, 0.25) is 0 Å². The molecule has 1 amide bonds. The Morgan fingerprint density at radius 1 is 1.08 bits per heavy atom. The molecule has 1 N–H and O–H groups in total. The molecule has 138 valence electrons. The van der Waals surface area contributed by atoms with Crippen LogP contribution in [-0.2, 0) is 15.7 Å². The van der Waals surface area contributed by atoms with Crippen molar-refractivity contribution in [2.24, 2.45) is 0 Å². The van der Waals surface area contributed by atoms with Gasteiger partial charge >= 0.3 is 12.1 Å². The van der Waals surface area contributed by atoms with Gasteiger partial charge in [-0.15, -0.1) is 0 Å². The van der Waals surface area contributed by atoms with E-state index >= 15 is 0 Å². The summed E-state index contributed by atoms with van der Waals surface area (Å²) in [7, 11) is 0. The van der Waals surface area contributed by atoms with Crippen molar-refractivity contribution in [1.82, 2.24) is 5.32 Å². The Morgan fingerprint density at radius 3 is 2.19 bits per heavy atom. The summed E-state index contributed by atoms with van der Waals surface area (Å²) in [5.74, 6) is -1.38. The minimum absolute atomic E-state index is 0.0632. The number of nitrogens with one attached hydrogen (secondary N) is 1. The molecule has 8 heteroatoms. The Kier molecular flexibility index (Phi) is 6.42. The minimum atomic E-state index is -4.48. The number of carbonyl (C=O) groups excluding carboxylic acids is 2. The van der Waals surface area contributed by atoms with Crippen molar-refractivity contribution in [2.75, 3.05) is 6.61 Å². The van der Waals surface area contributed by atoms with Crippen LogP contribution in [0.5, 0.6) is 0 Å². The predicted molar refractivity (Wildman–Crippen MR) is 92.4 cm³/mol. The highest BCUT2D eigenvalue weighted by molar-refractivity contribution is 9.10. The molecule has 2 aromatic carbocycles. The summed E-state index contributed by atoms with van der Waals surface area (Å²) < 4.78 is 43.2. The Balaban J connectivity index is 1.86. The largest absolute Gasteiger partial charge is 0.452 e. The van der Waals surface area contributed by atoms with Crippen molar-refractivity contribution < 1.29 is 27.5 Å². The molecule has 1 atom stereocenters. The van der Waals surface area contributed by atoms with E-state index in [4.69, 9.17) is 4.74 Å². The minimum Gasteiger partial charge on any atom is -0.452 e. The first-order chi connectivity index (χ1) is 12.2. The molecule has 2 rings (SSSR count). The van der Waals surface area contributed by atoms with Crippen LogP contribution in [0.1, 0.15) is 34.5 Å². The molecule has 0 aliphatic heterocycles. The molecule has 26 heavy (non-hydrogen) atoms. The maximum atomic E-state index is 12.5. The molecule has 0 radical (unpaired) electrons. The predicted octanol–water partition coefficient (Wildman–Crippen LogP) is 4.50. The van der Waals surface area contributed by atoms with Crippen LogP contribution in [-0.4, -0.2) is 18.5 Å². The lowest BCUT2D eigenvalue weighted by Crippen LogP contribution is -2.31. The molecule has 0 aliphatic rings. The fraction of sp³-hybridized carbons (Fsp3) is 0.222. The number of amides is 1. The molecule has 0 heterocycles. The average Bonchev–Trinajstić information content (AvgIpc) is 2.59. The zero-order valence-electron chi connectivity index (χ0n) is 13.6.